The number of carbonyl (C=O) groups is 1. The van der Waals surface area contributed by atoms with Gasteiger partial charge in [0.1, 0.15) is 5.75 Å². The molecular formula is C9H11ClN2O3. The van der Waals surface area contributed by atoms with Gasteiger partial charge in [-0.1, -0.05) is 11.6 Å². The normalized spacial score (nSPS) is 9.73. The number of aromatic hydroxyl groups is 1. The van der Waals surface area contributed by atoms with Gasteiger partial charge in [0.2, 0.25) is 0 Å². The third-order valence-corrected chi connectivity index (χ3v) is 1.84. The number of aliphatic hydroxyl groups excluding tert-OH is 1. The zero-order chi connectivity index (χ0) is 11.3. The van der Waals surface area contributed by atoms with Gasteiger partial charge >= 0.3 is 6.03 Å². The maximum Gasteiger partial charge on any atom is 0.319 e. The second-order valence-corrected chi connectivity index (χ2v) is 3.20. The van der Waals surface area contributed by atoms with Gasteiger partial charge in [0, 0.05) is 11.6 Å². The Hall–Kier alpha value is -1.46. The van der Waals surface area contributed by atoms with Crippen molar-refractivity contribution < 1.29 is 15.0 Å². The van der Waals surface area contributed by atoms with Crippen LogP contribution in [0.1, 0.15) is 0 Å². The molecule has 0 atom stereocenters. The summed E-state index contributed by atoms with van der Waals surface area (Å²) in [5.74, 6) is -0.0708. The largest absolute Gasteiger partial charge is 0.506 e. The van der Waals surface area contributed by atoms with Crippen LogP contribution in [0.3, 0.4) is 0 Å². The number of hydrogen-bond donors (Lipinski definition) is 4. The highest BCUT2D eigenvalue weighted by Gasteiger charge is 2.05. The summed E-state index contributed by atoms with van der Waals surface area (Å²) in [5.41, 5.74) is 0.220. The lowest BCUT2D eigenvalue weighted by atomic mass is 10.3. The van der Waals surface area contributed by atoms with Gasteiger partial charge in [-0.15, -0.1) is 0 Å². The van der Waals surface area contributed by atoms with E-state index in [0.29, 0.717) is 5.02 Å². The first kappa shape index (κ1) is 11.6. The highest BCUT2D eigenvalue weighted by Crippen LogP contribution is 2.26. The molecule has 0 bridgehead atoms. The van der Waals surface area contributed by atoms with E-state index in [1.54, 1.807) is 0 Å². The predicted octanol–water partition coefficient (Wildman–Crippen LogP) is 1.16. The maximum absolute atomic E-state index is 11.1. The van der Waals surface area contributed by atoms with Crippen molar-refractivity contribution >= 4 is 23.3 Å². The van der Waals surface area contributed by atoms with E-state index in [1.807, 2.05) is 0 Å². The van der Waals surface area contributed by atoms with Crippen LogP contribution in [0.4, 0.5) is 10.5 Å². The smallest absolute Gasteiger partial charge is 0.319 e. The van der Waals surface area contributed by atoms with E-state index in [4.69, 9.17) is 16.7 Å². The van der Waals surface area contributed by atoms with E-state index in [9.17, 15) is 9.90 Å². The van der Waals surface area contributed by atoms with E-state index in [2.05, 4.69) is 10.6 Å². The average molecular weight is 231 g/mol. The molecule has 2 amide bonds. The number of urea groups is 1. The molecule has 5 nitrogen and oxygen atoms in total. The summed E-state index contributed by atoms with van der Waals surface area (Å²) in [5, 5.41) is 23.0. The molecule has 1 aromatic rings. The van der Waals surface area contributed by atoms with Crippen LogP contribution >= 0.6 is 11.6 Å². The fourth-order valence-corrected chi connectivity index (χ4v) is 1.12. The van der Waals surface area contributed by atoms with Crippen molar-refractivity contribution in [1.29, 1.82) is 0 Å². The van der Waals surface area contributed by atoms with E-state index in [0.717, 1.165) is 0 Å². The molecule has 0 aliphatic carbocycles. The van der Waals surface area contributed by atoms with Gasteiger partial charge in [-0.05, 0) is 18.2 Å². The van der Waals surface area contributed by atoms with E-state index >= 15 is 0 Å². The summed E-state index contributed by atoms with van der Waals surface area (Å²) in [7, 11) is 0. The Kier molecular flexibility index (Phi) is 4.20. The number of hydrogen-bond acceptors (Lipinski definition) is 3. The zero-order valence-electron chi connectivity index (χ0n) is 7.83. The van der Waals surface area contributed by atoms with Crippen LogP contribution in [0, 0.1) is 0 Å². The molecule has 0 aliphatic heterocycles. The standard InChI is InChI=1S/C9H11ClN2O3/c10-6-1-2-8(14)7(5-6)12-9(15)11-3-4-13/h1-2,5,13-14H,3-4H2,(H2,11,12,15). The molecule has 1 aromatic carbocycles. The monoisotopic (exact) mass is 230 g/mol. The molecule has 0 aromatic heterocycles. The number of aliphatic hydroxyl groups is 1. The van der Waals surface area contributed by atoms with Crippen molar-refractivity contribution in [3.8, 4) is 5.75 Å². The fraction of sp³-hybridized carbons (Fsp3) is 0.222. The second-order valence-electron chi connectivity index (χ2n) is 2.77. The topological polar surface area (TPSA) is 81.6 Å². The minimum Gasteiger partial charge on any atom is -0.506 e. The minimum atomic E-state index is -0.512. The lowest BCUT2D eigenvalue weighted by Crippen LogP contribution is -2.30. The van der Waals surface area contributed by atoms with E-state index in [1.165, 1.54) is 18.2 Å². The van der Waals surface area contributed by atoms with Crippen molar-refractivity contribution in [3.05, 3.63) is 23.2 Å². The van der Waals surface area contributed by atoms with Crippen LogP contribution in [0.5, 0.6) is 5.75 Å². The van der Waals surface area contributed by atoms with Crippen molar-refractivity contribution in [1.82, 2.24) is 5.32 Å². The molecule has 15 heavy (non-hydrogen) atoms. The van der Waals surface area contributed by atoms with Crippen LogP contribution in [0.15, 0.2) is 18.2 Å². The number of phenols is 1. The molecule has 0 saturated heterocycles. The number of benzene rings is 1. The molecule has 82 valence electrons. The number of anilines is 1. The molecule has 0 radical (unpaired) electrons. The summed E-state index contributed by atoms with van der Waals surface area (Å²) in [6, 6.07) is 3.80. The first-order chi connectivity index (χ1) is 7.13. The number of rotatable bonds is 3. The molecule has 0 fully saturated rings. The molecule has 0 unspecified atom stereocenters. The Morgan fingerprint density at radius 1 is 1.47 bits per heavy atom. The highest BCUT2D eigenvalue weighted by atomic mass is 35.5. The lowest BCUT2D eigenvalue weighted by molar-refractivity contribution is 0.244. The Morgan fingerprint density at radius 2 is 2.20 bits per heavy atom. The van der Waals surface area contributed by atoms with E-state index in [-0.39, 0.29) is 24.6 Å². The Morgan fingerprint density at radius 3 is 2.87 bits per heavy atom. The summed E-state index contributed by atoms with van der Waals surface area (Å²) in [4.78, 5) is 11.1. The molecule has 0 heterocycles. The Labute approximate surface area is 91.7 Å². The van der Waals surface area contributed by atoms with Crippen molar-refractivity contribution in [2.75, 3.05) is 18.5 Å². The minimum absolute atomic E-state index is 0.0708. The second kappa shape index (κ2) is 5.43. The molecule has 0 aliphatic rings. The first-order valence-electron chi connectivity index (χ1n) is 4.27. The highest BCUT2D eigenvalue weighted by molar-refractivity contribution is 6.31. The van der Waals surface area contributed by atoms with Crippen molar-refractivity contribution in [2.24, 2.45) is 0 Å². The van der Waals surface area contributed by atoms with Gasteiger partial charge in [0.25, 0.3) is 0 Å². The summed E-state index contributed by atoms with van der Waals surface area (Å²) in [6.45, 7) is 0.00209. The Bertz CT molecular complexity index is 357. The molecule has 1 rings (SSSR count). The van der Waals surface area contributed by atoms with Gasteiger partial charge in [0.05, 0.1) is 12.3 Å². The fourth-order valence-electron chi connectivity index (χ4n) is 0.944. The summed E-state index contributed by atoms with van der Waals surface area (Å²) in [6.07, 6.45) is 0. The Balaban J connectivity index is 2.63. The van der Waals surface area contributed by atoms with Crippen LogP contribution in [0.2, 0.25) is 5.02 Å². The predicted molar refractivity (Wildman–Crippen MR) is 57.2 cm³/mol. The zero-order valence-corrected chi connectivity index (χ0v) is 8.58. The van der Waals surface area contributed by atoms with E-state index < -0.39 is 6.03 Å². The summed E-state index contributed by atoms with van der Waals surface area (Å²) < 4.78 is 0. The lowest BCUT2D eigenvalue weighted by Gasteiger charge is -2.08. The molecular weight excluding hydrogens is 220 g/mol. The number of amides is 2. The number of phenolic OH excluding ortho intramolecular Hbond substituents is 1. The van der Waals surface area contributed by atoms with Crippen molar-refractivity contribution in [3.63, 3.8) is 0 Å². The van der Waals surface area contributed by atoms with Crippen LogP contribution in [-0.4, -0.2) is 29.4 Å². The summed E-state index contributed by atoms with van der Waals surface area (Å²) >= 11 is 5.68. The SMILES string of the molecule is O=C(NCCO)Nc1cc(Cl)ccc1O. The number of nitrogens with one attached hydrogen (secondary N) is 2. The first-order valence-corrected chi connectivity index (χ1v) is 4.65. The van der Waals surface area contributed by atoms with Crippen molar-refractivity contribution in [2.45, 2.75) is 0 Å². The van der Waals surface area contributed by atoms with Gasteiger partial charge in [-0.3, -0.25) is 0 Å². The average Bonchev–Trinajstić information content (AvgIpc) is 2.20. The van der Waals surface area contributed by atoms with Gasteiger partial charge in [-0.2, -0.15) is 0 Å². The molecule has 0 saturated carbocycles. The number of halogens is 1. The number of carbonyl (C=O) groups excluding carboxylic acids is 1. The van der Waals surface area contributed by atoms with Crippen LogP contribution < -0.4 is 10.6 Å². The molecule has 6 heteroatoms. The van der Waals surface area contributed by atoms with Gasteiger partial charge in [-0.25, -0.2) is 4.79 Å². The molecule has 0 spiro atoms. The van der Waals surface area contributed by atoms with Crippen LogP contribution in [-0.2, 0) is 0 Å². The molecule has 4 N–H and O–H groups in total. The maximum atomic E-state index is 11.1. The van der Waals surface area contributed by atoms with Crippen LogP contribution in [0.25, 0.3) is 0 Å². The van der Waals surface area contributed by atoms with Gasteiger partial charge in [0.15, 0.2) is 0 Å². The van der Waals surface area contributed by atoms with Gasteiger partial charge < -0.3 is 20.8 Å². The third-order valence-electron chi connectivity index (χ3n) is 1.60. The third kappa shape index (κ3) is 3.65. The quantitative estimate of drug-likeness (QED) is 0.588.